The van der Waals surface area contributed by atoms with E-state index in [-0.39, 0.29) is 6.10 Å². The number of hydrogen-bond acceptors (Lipinski definition) is 2. The second-order valence-electron chi connectivity index (χ2n) is 8.31. The third-order valence-corrected chi connectivity index (χ3v) is 6.45. The summed E-state index contributed by atoms with van der Waals surface area (Å²) in [5.74, 6) is 1.42. The largest absolute Gasteiger partial charge is 0.489 e. The van der Waals surface area contributed by atoms with E-state index in [0.717, 1.165) is 23.4 Å². The van der Waals surface area contributed by atoms with Crippen LogP contribution in [-0.4, -0.2) is 18.9 Å². The Hall–Kier alpha value is -2.87. The van der Waals surface area contributed by atoms with Crippen molar-refractivity contribution in [2.45, 2.75) is 44.6 Å². The van der Waals surface area contributed by atoms with Gasteiger partial charge in [-0.05, 0) is 60.6 Å². The van der Waals surface area contributed by atoms with Crippen LogP contribution in [0, 0.1) is 6.92 Å². The van der Waals surface area contributed by atoms with Crippen LogP contribution in [0.1, 0.15) is 47.4 Å². The topological polar surface area (TPSA) is 21.6 Å². The standard InChI is InChI=1S/C27H27NO/c1-18-7-5-10-20(15-18)21-13-14-26-24(16-21)25(28-2)17-27(29-26)23-12-6-9-19-8-3-4-11-22(19)23/h3-5,7-8,10-11,13-16,23,27H,6,9,12,17H2,1-2H3/b28-25-. The highest BCUT2D eigenvalue weighted by atomic mass is 16.5. The van der Waals surface area contributed by atoms with Gasteiger partial charge in [0.2, 0.25) is 0 Å². The molecule has 2 heteroatoms. The third kappa shape index (κ3) is 3.37. The van der Waals surface area contributed by atoms with E-state index in [9.17, 15) is 0 Å². The number of nitrogens with zero attached hydrogens (tertiary/aromatic N) is 1. The molecule has 0 radical (unpaired) electrons. The number of aryl methyl sites for hydroxylation is 2. The van der Waals surface area contributed by atoms with Crippen LogP contribution in [0.3, 0.4) is 0 Å². The maximum atomic E-state index is 6.59. The van der Waals surface area contributed by atoms with E-state index in [2.05, 4.69) is 78.6 Å². The smallest absolute Gasteiger partial charge is 0.128 e. The van der Waals surface area contributed by atoms with E-state index in [4.69, 9.17) is 4.74 Å². The fraction of sp³-hybridized carbons (Fsp3) is 0.296. The first-order valence-corrected chi connectivity index (χ1v) is 10.6. The Morgan fingerprint density at radius 1 is 0.931 bits per heavy atom. The Morgan fingerprint density at radius 2 is 1.79 bits per heavy atom. The van der Waals surface area contributed by atoms with Crippen molar-refractivity contribution in [1.82, 2.24) is 0 Å². The summed E-state index contributed by atoms with van der Waals surface area (Å²) in [4.78, 5) is 4.68. The molecule has 0 aromatic heterocycles. The fourth-order valence-corrected chi connectivity index (χ4v) is 4.98. The van der Waals surface area contributed by atoms with Gasteiger partial charge >= 0.3 is 0 Å². The van der Waals surface area contributed by atoms with Crippen LogP contribution >= 0.6 is 0 Å². The van der Waals surface area contributed by atoms with E-state index < -0.39 is 0 Å². The fourth-order valence-electron chi connectivity index (χ4n) is 4.98. The lowest BCUT2D eigenvalue weighted by Gasteiger charge is -2.36. The minimum atomic E-state index is 0.160. The number of aliphatic imine (C=N–C) groups is 1. The number of fused-ring (bicyclic) bond motifs is 2. The van der Waals surface area contributed by atoms with Crippen molar-refractivity contribution in [3.63, 3.8) is 0 Å². The van der Waals surface area contributed by atoms with Gasteiger partial charge in [0.05, 0.1) is 0 Å². The summed E-state index contributed by atoms with van der Waals surface area (Å²) in [6.45, 7) is 2.14. The molecular formula is C27H27NO. The molecule has 2 nitrogen and oxygen atoms in total. The Labute approximate surface area is 173 Å². The van der Waals surface area contributed by atoms with E-state index in [1.807, 2.05) is 7.05 Å². The molecule has 1 aliphatic carbocycles. The van der Waals surface area contributed by atoms with Gasteiger partial charge in [0.15, 0.2) is 0 Å². The maximum absolute atomic E-state index is 6.59. The molecule has 2 atom stereocenters. The lowest BCUT2D eigenvalue weighted by atomic mass is 9.77. The molecule has 0 bridgehead atoms. The van der Waals surface area contributed by atoms with Gasteiger partial charge in [-0.25, -0.2) is 0 Å². The quantitative estimate of drug-likeness (QED) is 0.507. The molecule has 0 fully saturated rings. The van der Waals surface area contributed by atoms with Crippen molar-refractivity contribution in [2.75, 3.05) is 7.05 Å². The number of rotatable bonds is 2. The van der Waals surface area contributed by atoms with Crippen molar-refractivity contribution in [1.29, 1.82) is 0 Å². The predicted octanol–water partition coefficient (Wildman–Crippen LogP) is 6.35. The molecular weight excluding hydrogens is 354 g/mol. The highest BCUT2D eigenvalue weighted by molar-refractivity contribution is 6.05. The molecule has 3 aromatic carbocycles. The summed E-state index contributed by atoms with van der Waals surface area (Å²) < 4.78 is 6.59. The summed E-state index contributed by atoms with van der Waals surface area (Å²) in [5, 5.41) is 0. The zero-order valence-electron chi connectivity index (χ0n) is 17.2. The van der Waals surface area contributed by atoms with Crippen LogP contribution in [0.15, 0.2) is 71.7 Å². The maximum Gasteiger partial charge on any atom is 0.128 e. The van der Waals surface area contributed by atoms with Crippen LogP contribution in [0.2, 0.25) is 0 Å². The van der Waals surface area contributed by atoms with Crippen LogP contribution in [0.25, 0.3) is 11.1 Å². The molecule has 0 amide bonds. The van der Waals surface area contributed by atoms with Crippen LogP contribution in [0.4, 0.5) is 0 Å². The summed E-state index contributed by atoms with van der Waals surface area (Å²) in [7, 11) is 1.91. The average molecular weight is 382 g/mol. The van der Waals surface area contributed by atoms with E-state index in [1.165, 1.54) is 47.1 Å². The lowest BCUT2D eigenvalue weighted by Crippen LogP contribution is -2.34. The van der Waals surface area contributed by atoms with Gasteiger partial charge < -0.3 is 4.74 Å². The van der Waals surface area contributed by atoms with Gasteiger partial charge in [-0.1, -0.05) is 60.2 Å². The van der Waals surface area contributed by atoms with Gasteiger partial charge in [-0.2, -0.15) is 0 Å². The monoisotopic (exact) mass is 381 g/mol. The van der Waals surface area contributed by atoms with Gasteiger partial charge in [0.25, 0.3) is 0 Å². The Kier molecular flexibility index (Phi) is 4.71. The molecule has 3 aromatic rings. The van der Waals surface area contributed by atoms with Crippen molar-refractivity contribution in [2.24, 2.45) is 4.99 Å². The van der Waals surface area contributed by atoms with E-state index in [1.54, 1.807) is 0 Å². The van der Waals surface area contributed by atoms with E-state index in [0.29, 0.717) is 5.92 Å². The number of ether oxygens (including phenoxy) is 1. The minimum absolute atomic E-state index is 0.160. The SMILES string of the molecule is C/N=C1/CC(C2CCCc3ccccc32)Oc2ccc(-c3cccc(C)c3)cc21. The summed E-state index contributed by atoms with van der Waals surface area (Å²) in [6, 6.07) is 24.1. The Morgan fingerprint density at radius 3 is 2.66 bits per heavy atom. The summed E-state index contributed by atoms with van der Waals surface area (Å²) in [6.07, 6.45) is 4.64. The average Bonchev–Trinajstić information content (AvgIpc) is 2.77. The summed E-state index contributed by atoms with van der Waals surface area (Å²) in [5.41, 5.74) is 9.00. The molecule has 29 heavy (non-hydrogen) atoms. The van der Waals surface area contributed by atoms with Gasteiger partial charge in [0.1, 0.15) is 11.9 Å². The molecule has 1 aliphatic heterocycles. The molecule has 0 saturated heterocycles. The Balaban J connectivity index is 1.50. The van der Waals surface area contributed by atoms with Gasteiger partial charge in [-0.15, -0.1) is 0 Å². The van der Waals surface area contributed by atoms with E-state index >= 15 is 0 Å². The second-order valence-corrected chi connectivity index (χ2v) is 8.31. The van der Waals surface area contributed by atoms with Gasteiger partial charge in [-0.3, -0.25) is 4.99 Å². The van der Waals surface area contributed by atoms with Crippen molar-refractivity contribution in [3.8, 4) is 16.9 Å². The highest BCUT2D eigenvalue weighted by Crippen LogP contribution is 2.41. The van der Waals surface area contributed by atoms with Crippen LogP contribution in [0.5, 0.6) is 5.75 Å². The molecule has 5 rings (SSSR count). The first-order valence-electron chi connectivity index (χ1n) is 10.6. The number of hydrogen-bond donors (Lipinski definition) is 0. The second kappa shape index (κ2) is 7.51. The zero-order valence-corrected chi connectivity index (χ0v) is 17.2. The highest BCUT2D eigenvalue weighted by Gasteiger charge is 2.34. The normalized spacial score (nSPS) is 21.9. The molecule has 0 N–H and O–H groups in total. The minimum Gasteiger partial charge on any atom is -0.489 e. The van der Waals surface area contributed by atoms with Crippen molar-refractivity contribution < 1.29 is 4.74 Å². The third-order valence-electron chi connectivity index (χ3n) is 6.45. The van der Waals surface area contributed by atoms with Crippen LogP contribution < -0.4 is 4.74 Å². The molecule has 1 heterocycles. The molecule has 2 aliphatic rings. The van der Waals surface area contributed by atoms with Crippen LogP contribution in [-0.2, 0) is 6.42 Å². The lowest BCUT2D eigenvalue weighted by molar-refractivity contribution is 0.160. The predicted molar refractivity (Wildman–Crippen MR) is 120 cm³/mol. The molecule has 146 valence electrons. The summed E-state index contributed by atoms with van der Waals surface area (Å²) >= 11 is 0. The van der Waals surface area contributed by atoms with Crippen molar-refractivity contribution in [3.05, 3.63) is 89.0 Å². The molecule has 0 saturated carbocycles. The van der Waals surface area contributed by atoms with Gasteiger partial charge in [0, 0.05) is 30.7 Å². The molecule has 0 spiro atoms. The first-order chi connectivity index (χ1) is 14.2. The molecule has 2 unspecified atom stereocenters. The Bertz CT molecular complexity index is 1080. The number of benzene rings is 3. The van der Waals surface area contributed by atoms with Crippen molar-refractivity contribution >= 4 is 5.71 Å². The zero-order chi connectivity index (χ0) is 19.8. The first kappa shape index (κ1) is 18.2.